The fraction of sp³-hybridized carbons (Fsp3) is 0.133. The van der Waals surface area contributed by atoms with Gasteiger partial charge in [0.05, 0.1) is 0 Å². The van der Waals surface area contributed by atoms with Crippen LogP contribution in [0.15, 0.2) is 60.7 Å². The van der Waals surface area contributed by atoms with E-state index in [4.69, 9.17) is 0 Å². The number of rotatable bonds is 4. The predicted molar refractivity (Wildman–Crippen MR) is 76.5 cm³/mol. The Morgan fingerprint density at radius 2 is 1.56 bits per heavy atom. The van der Waals surface area contributed by atoms with E-state index in [9.17, 15) is 4.79 Å². The van der Waals surface area contributed by atoms with Crippen LogP contribution in [0.3, 0.4) is 0 Å². The van der Waals surface area contributed by atoms with Gasteiger partial charge in [0.15, 0.2) is 0 Å². The number of hydrogen-bond acceptors (Lipinski definition) is 1. The van der Waals surface area contributed by atoms with E-state index in [1.807, 2.05) is 55.6 Å². The first kappa shape index (κ1) is 12.9. The van der Waals surface area contributed by atoms with Crippen molar-refractivity contribution in [3.8, 4) is 0 Å². The molecule has 0 aromatic heterocycles. The molecule has 0 aliphatic carbocycles. The van der Waals surface area contributed by atoms with E-state index in [1.54, 1.807) is 4.90 Å². The molecule has 92 valence electrons. The van der Waals surface area contributed by atoms with Crippen LogP contribution in [0.2, 0.25) is 5.32 Å². The van der Waals surface area contributed by atoms with Crippen molar-refractivity contribution in [2.75, 3.05) is 11.9 Å². The minimum absolute atomic E-state index is 0.171. The van der Waals surface area contributed by atoms with Crippen LogP contribution in [-0.2, 0) is 4.79 Å². The van der Waals surface area contributed by atoms with Crippen LogP contribution in [0.4, 0.5) is 5.69 Å². The number of nitrogens with zero attached hydrogens (tertiary/aromatic N) is 1. The van der Waals surface area contributed by atoms with E-state index >= 15 is 0 Å². The van der Waals surface area contributed by atoms with Gasteiger partial charge in [-0.25, -0.2) is 0 Å². The number of amides is 1. The van der Waals surface area contributed by atoms with Gasteiger partial charge in [-0.3, -0.25) is 0 Å². The third-order valence-electron chi connectivity index (χ3n) is 2.62. The topological polar surface area (TPSA) is 20.3 Å². The van der Waals surface area contributed by atoms with Crippen molar-refractivity contribution in [3.05, 3.63) is 60.7 Å². The zero-order valence-corrected chi connectivity index (χ0v) is 12.0. The molecule has 2 aromatic carbocycles. The van der Waals surface area contributed by atoms with Crippen molar-refractivity contribution in [2.45, 2.75) is 5.32 Å². The second kappa shape index (κ2) is 6.39. The molecule has 0 aliphatic rings. The van der Waals surface area contributed by atoms with Crippen LogP contribution in [0.1, 0.15) is 0 Å². The maximum absolute atomic E-state index is 12.1. The van der Waals surface area contributed by atoms with Gasteiger partial charge in [-0.05, 0) is 0 Å². The van der Waals surface area contributed by atoms with Crippen LogP contribution in [-0.4, -0.2) is 27.9 Å². The summed E-state index contributed by atoms with van der Waals surface area (Å²) in [5.74, 6) is 0.171. The molecule has 2 aromatic rings. The predicted octanol–water partition coefficient (Wildman–Crippen LogP) is 2.10. The molecule has 0 aliphatic heterocycles. The molecule has 3 heteroatoms. The zero-order chi connectivity index (χ0) is 12.8. The molecule has 0 fully saturated rings. The third-order valence-corrected chi connectivity index (χ3v) is 4.71. The van der Waals surface area contributed by atoms with Gasteiger partial charge in [-0.1, -0.05) is 0 Å². The second-order valence-corrected chi connectivity index (χ2v) is 6.09. The number of anilines is 1. The van der Waals surface area contributed by atoms with Gasteiger partial charge in [-0.15, -0.1) is 0 Å². The molecule has 2 nitrogen and oxygen atoms in total. The Bertz CT molecular complexity index is 498. The summed E-state index contributed by atoms with van der Waals surface area (Å²) in [5, 5.41) is 0.600. The van der Waals surface area contributed by atoms with Gasteiger partial charge in [0.25, 0.3) is 0 Å². The molecule has 0 unspecified atom stereocenters. The average molecular weight is 304 g/mol. The molecule has 2 rings (SSSR count). The normalized spacial score (nSPS) is 10.1. The fourth-order valence-electron chi connectivity index (χ4n) is 1.55. The average Bonchev–Trinajstić information content (AvgIpc) is 2.46. The monoisotopic (exact) mass is 305 g/mol. The van der Waals surface area contributed by atoms with Crippen LogP contribution >= 0.6 is 0 Å². The van der Waals surface area contributed by atoms with Gasteiger partial charge in [-0.2, -0.15) is 0 Å². The molecule has 0 heterocycles. The van der Waals surface area contributed by atoms with E-state index in [2.05, 4.69) is 12.1 Å². The Morgan fingerprint density at radius 1 is 1.00 bits per heavy atom. The quantitative estimate of drug-likeness (QED) is 0.792. The van der Waals surface area contributed by atoms with Crippen molar-refractivity contribution in [1.29, 1.82) is 0 Å². The van der Waals surface area contributed by atoms with Gasteiger partial charge >= 0.3 is 114 Å². The number of hydrogen-bond donors (Lipinski definition) is 0. The number of carbonyl (C=O) groups is 1. The van der Waals surface area contributed by atoms with Crippen LogP contribution in [0.5, 0.6) is 0 Å². The molecular formula is C15H15NOSe. The van der Waals surface area contributed by atoms with Gasteiger partial charge < -0.3 is 0 Å². The number of benzene rings is 2. The standard InChI is InChI=1S/C15H15NOSe/c1-16(13-8-4-2-5-9-13)15(17)12-18-14-10-6-3-7-11-14/h2-11H,12H2,1H3. The van der Waals surface area contributed by atoms with E-state index in [0.717, 1.165) is 5.69 Å². The Labute approximate surface area is 114 Å². The summed E-state index contributed by atoms with van der Waals surface area (Å²) in [6, 6.07) is 19.9. The van der Waals surface area contributed by atoms with Crippen LogP contribution < -0.4 is 9.36 Å². The summed E-state index contributed by atoms with van der Waals surface area (Å²) >= 11 is 0.210. The summed E-state index contributed by atoms with van der Waals surface area (Å²) in [6.45, 7) is 0. The summed E-state index contributed by atoms with van der Waals surface area (Å²) in [6.07, 6.45) is 0. The molecule has 1 amide bonds. The fourth-order valence-corrected chi connectivity index (χ4v) is 3.30. The molecule has 0 atom stereocenters. The van der Waals surface area contributed by atoms with Crippen molar-refractivity contribution in [3.63, 3.8) is 0 Å². The summed E-state index contributed by atoms with van der Waals surface area (Å²) in [5.41, 5.74) is 0.950. The SMILES string of the molecule is CN(C(=O)C[Se]c1ccccc1)c1ccccc1. The van der Waals surface area contributed by atoms with Crippen LogP contribution in [0, 0.1) is 0 Å². The first-order valence-corrected chi connectivity index (χ1v) is 7.83. The van der Waals surface area contributed by atoms with Gasteiger partial charge in [0, 0.05) is 0 Å². The molecular weight excluding hydrogens is 289 g/mol. The van der Waals surface area contributed by atoms with Gasteiger partial charge in [0.1, 0.15) is 0 Å². The zero-order valence-electron chi connectivity index (χ0n) is 10.2. The first-order valence-electron chi connectivity index (χ1n) is 5.77. The number of carbonyl (C=O) groups excluding carboxylic acids is 1. The van der Waals surface area contributed by atoms with Crippen LogP contribution in [0.25, 0.3) is 0 Å². The van der Waals surface area contributed by atoms with Crippen molar-refractivity contribution in [2.24, 2.45) is 0 Å². The Hall–Kier alpha value is -1.57. The summed E-state index contributed by atoms with van der Waals surface area (Å²) < 4.78 is 1.26. The molecule has 0 radical (unpaired) electrons. The molecule has 0 spiro atoms. The van der Waals surface area contributed by atoms with E-state index in [-0.39, 0.29) is 20.9 Å². The molecule has 0 saturated carbocycles. The van der Waals surface area contributed by atoms with E-state index in [0.29, 0.717) is 5.32 Å². The second-order valence-electron chi connectivity index (χ2n) is 3.89. The third kappa shape index (κ3) is 3.46. The van der Waals surface area contributed by atoms with E-state index < -0.39 is 0 Å². The summed E-state index contributed by atoms with van der Waals surface area (Å²) in [4.78, 5) is 13.8. The molecule has 18 heavy (non-hydrogen) atoms. The first-order chi connectivity index (χ1) is 8.77. The Morgan fingerprint density at radius 3 is 2.17 bits per heavy atom. The van der Waals surface area contributed by atoms with Crippen molar-refractivity contribution < 1.29 is 4.79 Å². The maximum atomic E-state index is 12.1. The Balaban J connectivity index is 1.93. The molecule has 0 saturated heterocycles. The van der Waals surface area contributed by atoms with Crippen molar-refractivity contribution in [1.82, 2.24) is 0 Å². The van der Waals surface area contributed by atoms with Gasteiger partial charge in [0.2, 0.25) is 0 Å². The summed E-state index contributed by atoms with van der Waals surface area (Å²) in [7, 11) is 1.83. The Kier molecular flexibility index (Phi) is 4.57. The molecule has 0 N–H and O–H groups in total. The van der Waals surface area contributed by atoms with E-state index in [1.165, 1.54) is 4.46 Å². The molecule has 0 bridgehead atoms. The van der Waals surface area contributed by atoms with Crippen molar-refractivity contribution >= 4 is 31.0 Å². The minimum atomic E-state index is 0.171. The number of para-hydroxylation sites is 1.